The summed E-state index contributed by atoms with van der Waals surface area (Å²) in [5.41, 5.74) is 0. The summed E-state index contributed by atoms with van der Waals surface area (Å²) in [6.45, 7) is 1.50. The van der Waals surface area contributed by atoms with Crippen LogP contribution >= 0.6 is 0 Å². The van der Waals surface area contributed by atoms with Crippen LogP contribution in [0.25, 0.3) is 0 Å². The lowest BCUT2D eigenvalue weighted by molar-refractivity contribution is 0.0390. The first-order chi connectivity index (χ1) is 12.8. The van der Waals surface area contributed by atoms with Crippen molar-refractivity contribution >= 4 is 0 Å². The van der Waals surface area contributed by atoms with Crippen molar-refractivity contribution in [3.05, 3.63) is 11.7 Å². The molecule has 5 nitrogen and oxygen atoms in total. The van der Waals surface area contributed by atoms with Gasteiger partial charge in [-0.05, 0) is 37.5 Å². The molecule has 0 amide bonds. The second kappa shape index (κ2) is 8.83. The van der Waals surface area contributed by atoms with Gasteiger partial charge in [0.25, 0.3) is 0 Å². The van der Waals surface area contributed by atoms with Crippen molar-refractivity contribution < 1.29 is 9.26 Å². The molecule has 2 atom stereocenters. The second-order valence-electron chi connectivity index (χ2n) is 8.66. The van der Waals surface area contributed by atoms with Crippen molar-refractivity contribution in [3.8, 4) is 0 Å². The summed E-state index contributed by atoms with van der Waals surface area (Å²) < 4.78 is 10.7. The van der Waals surface area contributed by atoms with E-state index in [1.165, 1.54) is 70.6 Å². The fourth-order valence-corrected chi connectivity index (χ4v) is 5.39. The molecule has 4 rings (SSSR count). The summed E-state index contributed by atoms with van der Waals surface area (Å²) in [7, 11) is 1.71. The lowest BCUT2D eigenvalue weighted by Crippen LogP contribution is -2.46. The number of nitrogens with zero attached hydrogens (tertiary/aromatic N) is 3. The maximum Gasteiger partial charge on any atom is 0.240 e. The zero-order chi connectivity index (χ0) is 17.8. The fraction of sp³-hybridized carbons (Fsp3) is 0.905. The zero-order valence-electron chi connectivity index (χ0n) is 16.4. The Morgan fingerprint density at radius 2 is 1.77 bits per heavy atom. The van der Waals surface area contributed by atoms with E-state index in [-0.39, 0.29) is 0 Å². The highest BCUT2D eigenvalue weighted by molar-refractivity contribution is 4.97. The Kier molecular flexibility index (Phi) is 6.26. The van der Waals surface area contributed by atoms with Crippen LogP contribution in [0.5, 0.6) is 0 Å². The van der Waals surface area contributed by atoms with Crippen molar-refractivity contribution in [2.45, 2.75) is 95.7 Å². The Labute approximate surface area is 157 Å². The van der Waals surface area contributed by atoms with Gasteiger partial charge in [-0.1, -0.05) is 50.1 Å². The second-order valence-corrected chi connectivity index (χ2v) is 8.66. The molecule has 0 aliphatic heterocycles. The van der Waals surface area contributed by atoms with Crippen molar-refractivity contribution in [1.29, 1.82) is 0 Å². The predicted octanol–water partition coefficient (Wildman–Crippen LogP) is 4.36. The van der Waals surface area contributed by atoms with Gasteiger partial charge in [0, 0.05) is 25.6 Å². The Balaban J connectivity index is 1.44. The van der Waals surface area contributed by atoms with Crippen LogP contribution in [0.1, 0.15) is 82.3 Å². The lowest BCUT2D eigenvalue weighted by Gasteiger charge is -2.44. The van der Waals surface area contributed by atoms with Crippen molar-refractivity contribution in [2.75, 3.05) is 13.7 Å². The van der Waals surface area contributed by atoms with Gasteiger partial charge in [-0.25, -0.2) is 0 Å². The predicted molar refractivity (Wildman–Crippen MR) is 101 cm³/mol. The Bertz CT molecular complexity index is 551. The van der Waals surface area contributed by atoms with Gasteiger partial charge in [0.05, 0.1) is 13.2 Å². The number of hydrogen-bond donors (Lipinski definition) is 0. The van der Waals surface area contributed by atoms with E-state index < -0.39 is 0 Å². The van der Waals surface area contributed by atoms with Gasteiger partial charge in [0.2, 0.25) is 5.89 Å². The first-order valence-electron chi connectivity index (χ1n) is 10.9. The van der Waals surface area contributed by atoms with Crippen molar-refractivity contribution in [1.82, 2.24) is 15.0 Å². The fourth-order valence-electron chi connectivity index (χ4n) is 5.39. The van der Waals surface area contributed by atoms with Gasteiger partial charge in [0.1, 0.15) is 0 Å². The molecule has 1 aromatic rings. The summed E-state index contributed by atoms with van der Waals surface area (Å²) >= 11 is 0. The molecule has 0 aromatic carbocycles. The number of rotatable bonds is 8. The standard InChI is InChI=1S/C21H35N3O2/c1-25-14-13-20-22-21(26-23-20)15-24(17-11-12-17)19-10-6-5-9-18(19)16-7-3-2-4-8-16/h16-19H,2-15H2,1H3. The van der Waals surface area contributed by atoms with E-state index >= 15 is 0 Å². The molecule has 26 heavy (non-hydrogen) atoms. The molecule has 2 unspecified atom stereocenters. The first-order valence-corrected chi connectivity index (χ1v) is 10.9. The van der Waals surface area contributed by atoms with Gasteiger partial charge in [0.15, 0.2) is 5.82 Å². The smallest absolute Gasteiger partial charge is 0.240 e. The third kappa shape index (κ3) is 4.48. The molecule has 0 radical (unpaired) electrons. The molecule has 3 fully saturated rings. The molecule has 3 aliphatic carbocycles. The summed E-state index contributed by atoms with van der Waals surface area (Å²) in [6, 6.07) is 1.48. The monoisotopic (exact) mass is 361 g/mol. The number of hydrogen-bond acceptors (Lipinski definition) is 5. The SMILES string of the molecule is COCCc1noc(CN(C2CC2)C2CCCCC2C2CCCCC2)n1. The lowest BCUT2D eigenvalue weighted by atomic mass is 9.70. The van der Waals surface area contributed by atoms with Gasteiger partial charge < -0.3 is 9.26 Å². The van der Waals surface area contributed by atoms with Gasteiger partial charge in [-0.15, -0.1) is 0 Å². The first kappa shape index (κ1) is 18.4. The Morgan fingerprint density at radius 1 is 1.00 bits per heavy atom. The number of ether oxygens (including phenoxy) is 1. The van der Waals surface area contributed by atoms with Crippen LogP contribution in [0.15, 0.2) is 4.52 Å². The topological polar surface area (TPSA) is 51.4 Å². The quantitative estimate of drug-likeness (QED) is 0.688. The molecule has 3 saturated carbocycles. The highest BCUT2D eigenvalue weighted by Crippen LogP contribution is 2.43. The summed E-state index contributed by atoms with van der Waals surface area (Å²) in [4.78, 5) is 7.39. The van der Waals surface area contributed by atoms with E-state index in [0.717, 1.165) is 48.6 Å². The third-order valence-corrected chi connectivity index (χ3v) is 6.84. The molecular weight excluding hydrogens is 326 g/mol. The van der Waals surface area contributed by atoms with E-state index in [4.69, 9.17) is 9.26 Å². The number of methoxy groups -OCH3 is 1. The average Bonchev–Trinajstić information content (AvgIpc) is 3.44. The van der Waals surface area contributed by atoms with Crippen LogP contribution < -0.4 is 0 Å². The van der Waals surface area contributed by atoms with Crippen molar-refractivity contribution in [3.63, 3.8) is 0 Å². The van der Waals surface area contributed by atoms with Gasteiger partial charge >= 0.3 is 0 Å². The van der Waals surface area contributed by atoms with E-state index in [1.54, 1.807) is 7.11 Å². The van der Waals surface area contributed by atoms with E-state index in [1.807, 2.05) is 0 Å². The Morgan fingerprint density at radius 3 is 2.54 bits per heavy atom. The van der Waals surface area contributed by atoms with Crippen LogP contribution in [0.3, 0.4) is 0 Å². The van der Waals surface area contributed by atoms with E-state index in [0.29, 0.717) is 6.61 Å². The maximum atomic E-state index is 5.58. The molecule has 146 valence electrons. The Hall–Kier alpha value is -0.940. The van der Waals surface area contributed by atoms with Crippen LogP contribution in [-0.2, 0) is 17.7 Å². The van der Waals surface area contributed by atoms with E-state index in [2.05, 4.69) is 15.0 Å². The third-order valence-electron chi connectivity index (χ3n) is 6.84. The summed E-state index contributed by atoms with van der Waals surface area (Å²) in [5.74, 6) is 3.43. The molecule has 3 aliphatic rings. The van der Waals surface area contributed by atoms with E-state index in [9.17, 15) is 0 Å². The zero-order valence-corrected chi connectivity index (χ0v) is 16.4. The molecule has 0 spiro atoms. The highest BCUT2D eigenvalue weighted by atomic mass is 16.5. The molecule has 0 N–H and O–H groups in total. The molecule has 5 heteroatoms. The molecule has 0 bridgehead atoms. The van der Waals surface area contributed by atoms with Gasteiger partial charge in [-0.3, -0.25) is 4.90 Å². The molecule has 1 heterocycles. The summed E-state index contributed by atoms with van der Waals surface area (Å²) in [6.07, 6.45) is 16.3. The molecule has 0 saturated heterocycles. The number of aromatic nitrogens is 2. The van der Waals surface area contributed by atoms with Crippen LogP contribution in [0, 0.1) is 11.8 Å². The van der Waals surface area contributed by atoms with Crippen LogP contribution in [-0.4, -0.2) is 40.8 Å². The molecule has 1 aromatic heterocycles. The minimum atomic E-state index is 0.650. The van der Waals surface area contributed by atoms with Crippen LogP contribution in [0.4, 0.5) is 0 Å². The largest absolute Gasteiger partial charge is 0.384 e. The average molecular weight is 362 g/mol. The normalized spacial score (nSPS) is 27.9. The minimum absolute atomic E-state index is 0.650. The minimum Gasteiger partial charge on any atom is -0.384 e. The maximum absolute atomic E-state index is 5.58. The van der Waals surface area contributed by atoms with Gasteiger partial charge in [-0.2, -0.15) is 4.98 Å². The van der Waals surface area contributed by atoms with Crippen molar-refractivity contribution in [2.24, 2.45) is 11.8 Å². The highest BCUT2D eigenvalue weighted by Gasteiger charge is 2.41. The molecular formula is C21H35N3O2. The van der Waals surface area contributed by atoms with Crippen LogP contribution in [0.2, 0.25) is 0 Å². The summed E-state index contributed by atoms with van der Waals surface area (Å²) in [5, 5.41) is 4.15.